The zero-order valence-corrected chi connectivity index (χ0v) is 17.5. The van der Waals surface area contributed by atoms with Crippen molar-refractivity contribution in [1.29, 1.82) is 0 Å². The molecule has 0 saturated heterocycles. The van der Waals surface area contributed by atoms with Gasteiger partial charge in [-0.1, -0.05) is 91.0 Å². The van der Waals surface area contributed by atoms with Gasteiger partial charge in [-0.05, 0) is 57.3 Å². The smallest absolute Gasteiger partial charge is 0.163 e. The van der Waals surface area contributed by atoms with Crippen LogP contribution in [0.4, 0.5) is 0 Å². The lowest BCUT2D eigenvalue weighted by atomic mass is 9.83. The molecule has 150 valence electrons. The van der Waals surface area contributed by atoms with E-state index in [1.165, 1.54) is 17.7 Å². The molecule has 0 unspecified atom stereocenters. The molecular formula is C29H22O2. The van der Waals surface area contributed by atoms with Gasteiger partial charge in [-0.2, -0.15) is 0 Å². The van der Waals surface area contributed by atoms with Crippen LogP contribution in [0.1, 0.15) is 19.4 Å². The average Bonchev–Trinajstić information content (AvgIpc) is 2.78. The van der Waals surface area contributed by atoms with Crippen LogP contribution in [0.25, 0.3) is 49.0 Å². The zero-order valence-electron chi connectivity index (χ0n) is 17.5. The van der Waals surface area contributed by atoms with Crippen molar-refractivity contribution < 1.29 is 9.90 Å². The molecule has 5 aromatic carbocycles. The standard InChI is InChI=1S/C29H22O2/c1-18(30)27(19(2)31)29-25-15-7-5-13-23(25)28(24-14-6-8-16-26(24)29)22-17-9-11-20-10-3-4-12-21(20)22/h3-17,30H,1-2H3/b27-18+. The first-order valence-corrected chi connectivity index (χ1v) is 10.4. The number of Topliss-reactive ketones (excluding diaryl/α,β-unsaturated/α-hetero) is 1. The zero-order chi connectivity index (χ0) is 21.5. The van der Waals surface area contributed by atoms with Crippen molar-refractivity contribution in [3.8, 4) is 11.1 Å². The second-order valence-corrected chi connectivity index (χ2v) is 7.88. The minimum atomic E-state index is -0.145. The van der Waals surface area contributed by atoms with Crippen LogP contribution in [0.15, 0.2) is 96.8 Å². The van der Waals surface area contributed by atoms with Crippen molar-refractivity contribution in [3.05, 3.63) is 102 Å². The molecule has 0 fully saturated rings. The van der Waals surface area contributed by atoms with E-state index in [-0.39, 0.29) is 11.5 Å². The SMILES string of the molecule is CC(=O)/C(=C(/C)O)c1c2ccccc2c(-c2cccc3ccccc23)c2ccccc12. The summed E-state index contributed by atoms with van der Waals surface area (Å²) in [5.74, 6) is -0.103. The molecule has 5 aromatic rings. The van der Waals surface area contributed by atoms with E-state index in [1.54, 1.807) is 6.92 Å². The van der Waals surface area contributed by atoms with Gasteiger partial charge in [0.1, 0.15) is 5.76 Å². The van der Waals surface area contributed by atoms with Gasteiger partial charge in [-0.25, -0.2) is 0 Å². The molecule has 0 aromatic heterocycles. The van der Waals surface area contributed by atoms with Gasteiger partial charge in [0.05, 0.1) is 5.57 Å². The van der Waals surface area contributed by atoms with Gasteiger partial charge in [0.2, 0.25) is 0 Å². The summed E-state index contributed by atoms with van der Waals surface area (Å²) in [6, 6.07) is 31.1. The molecule has 0 aliphatic heterocycles. The van der Waals surface area contributed by atoms with Gasteiger partial charge in [0, 0.05) is 5.56 Å². The van der Waals surface area contributed by atoms with Crippen LogP contribution in [0.3, 0.4) is 0 Å². The third-order valence-electron chi connectivity index (χ3n) is 5.95. The van der Waals surface area contributed by atoms with Gasteiger partial charge in [-0.15, -0.1) is 0 Å². The highest BCUT2D eigenvalue weighted by atomic mass is 16.3. The molecule has 0 radical (unpaired) electrons. The topological polar surface area (TPSA) is 37.3 Å². The fourth-order valence-corrected chi connectivity index (χ4v) is 4.74. The Morgan fingerprint density at radius 3 is 1.65 bits per heavy atom. The Kier molecular flexibility index (Phi) is 4.56. The summed E-state index contributed by atoms with van der Waals surface area (Å²) in [7, 11) is 0. The van der Waals surface area contributed by atoms with E-state index >= 15 is 0 Å². The lowest BCUT2D eigenvalue weighted by Crippen LogP contribution is -2.02. The number of benzene rings is 5. The van der Waals surface area contributed by atoms with Gasteiger partial charge < -0.3 is 5.11 Å². The Bertz CT molecular complexity index is 1460. The summed E-state index contributed by atoms with van der Waals surface area (Å²) in [4.78, 5) is 12.6. The van der Waals surface area contributed by atoms with E-state index < -0.39 is 0 Å². The maximum atomic E-state index is 12.6. The number of aliphatic hydroxyl groups is 1. The Labute approximate surface area is 181 Å². The van der Waals surface area contributed by atoms with Crippen molar-refractivity contribution in [2.24, 2.45) is 0 Å². The van der Waals surface area contributed by atoms with Crippen LogP contribution in [0.2, 0.25) is 0 Å². The molecule has 0 aliphatic rings. The van der Waals surface area contributed by atoms with Crippen molar-refractivity contribution in [2.45, 2.75) is 13.8 Å². The second-order valence-electron chi connectivity index (χ2n) is 7.88. The van der Waals surface area contributed by atoms with E-state index in [1.807, 2.05) is 36.4 Å². The van der Waals surface area contributed by atoms with Crippen LogP contribution in [-0.4, -0.2) is 10.9 Å². The van der Waals surface area contributed by atoms with Crippen molar-refractivity contribution >= 4 is 43.7 Å². The molecule has 2 nitrogen and oxygen atoms in total. The van der Waals surface area contributed by atoms with E-state index in [9.17, 15) is 9.90 Å². The first-order valence-electron chi connectivity index (χ1n) is 10.4. The van der Waals surface area contributed by atoms with E-state index in [0.717, 1.165) is 38.2 Å². The fourth-order valence-electron chi connectivity index (χ4n) is 4.74. The molecule has 0 aliphatic carbocycles. The first-order chi connectivity index (χ1) is 15.1. The van der Waals surface area contributed by atoms with Gasteiger partial charge in [0.15, 0.2) is 5.78 Å². The minimum absolute atomic E-state index is 0.0423. The van der Waals surface area contributed by atoms with Crippen LogP contribution in [0.5, 0.6) is 0 Å². The molecule has 1 N–H and O–H groups in total. The molecule has 0 atom stereocenters. The lowest BCUT2D eigenvalue weighted by Gasteiger charge is -2.19. The van der Waals surface area contributed by atoms with Crippen molar-refractivity contribution in [1.82, 2.24) is 0 Å². The molecule has 2 heteroatoms. The molecular weight excluding hydrogens is 380 g/mol. The number of rotatable bonds is 3. The summed E-state index contributed by atoms with van der Waals surface area (Å²) in [5.41, 5.74) is 3.47. The number of carbonyl (C=O) groups is 1. The monoisotopic (exact) mass is 402 g/mol. The summed E-state index contributed by atoms with van der Waals surface area (Å²) in [6.07, 6.45) is 0. The van der Waals surface area contributed by atoms with E-state index in [4.69, 9.17) is 0 Å². The molecule has 0 amide bonds. The first kappa shape index (κ1) is 19.1. The third-order valence-corrected chi connectivity index (χ3v) is 5.95. The highest BCUT2D eigenvalue weighted by molar-refractivity contribution is 6.30. The molecule has 0 saturated carbocycles. The van der Waals surface area contributed by atoms with E-state index in [0.29, 0.717) is 5.57 Å². The number of hydrogen-bond donors (Lipinski definition) is 1. The Morgan fingerprint density at radius 2 is 1.10 bits per heavy atom. The highest BCUT2D eigenvalue weighted by Gasteiger charge is 2.21. The fraction of sp³-hybridized carbons (Fsp3) is 0.0690. The average molecular weight is 402 g/mol. The van der Waals surface area contributed by atoms with Crippen LogP contribution in [-0.2, 0) is 4.79 Å². The van der Waals surface area contributed by atoms with Gasteiger partial charge in [0.25, 0.3) is 0 Å². The maximum Gasteiger partial charge on any atom is 0.163 e. The summed E-state index contributed by atoms with van der Waals surface area (Å²) in [5, 5.41) is 16.9. The number of allylic oxidation sites excluding steroid dienone is 2. The Morgan fingerprint density at radius 1 is 0.613 bits per heavy atom. The van der Waals surface area contributed by atoms with E-state index in [2.05, 4.69) is 54.6 Å². The normalized spacial score (nSPS) is 12.3. The van der Waals surface area contributed by atoms with Crippen LogP contribution >= 0.6 is 0 Å². The maximum absolute atomic E-state index is 12.6. The molecule has 31 heavy (non-hydrogen) atoms. The summed E-state index contributed by atoms with van der Waals surface area (Å²) in [6.45, 7) is 3.09. The molecule has 0 bridgehead atoms. The summed E-state index contributed by atoms with van der Waals surface area (Å²) >= 11 is 0. The molecule has 5 rings (SSSR count). The second kappa shape index (κ2) is 7.41. The van der Waals surface area contributed by atoms with Crippen LogP contribution in [0, 0.1) is 0 Å². The number of carbonyl (C=O) groups excluding carboxylic acids is 1. The number of ketones is 1. The highest BCUT2D eigenvalue weighted by Crippen LogP contribution is 2.44. The Hall–Kier alpha value is -3.91. The van der Waals surface area contributed by atoms with Gasteiger partial charge in [-0.3, -0.25) is 4.79 Å². The third kappa shape index (κ3) is 3.00. The number of fused-ring (bicyclic) bond motifs is 3. The molecule has 0 heterocycles. The number of aliphatic hydroxyl groups excluding tert-OH is 1. The quantitative estimate of drug-likeness (QED) is 0.191. The predicted octanol–water partition coefficient (Wildman–Crippen LogP) is 7.69. The van der Waals surface area contributed by atoms with Gasteiger partial charge >= 0.3 is 0 Å². The number of hydrogen-bond acceptors (Lipinski definition) is 2. The Balaban J connectivity index is 2.05. The van der Waals surface area contributed by atoms with Crippen molar-refractivity contribution in [2.75, 3.05) is 0 Å². The van der Waals surface area contributed by atoms with Crippen LogP contribution < -0.4 is 0 Å². The summed E-state index contributed by atoms with van der Waals surface area (Å²) < 4.78 is 0. The lowest BCUT2D eigenvalue weighted by molar-refractivity contribution is -0.111. The predicted molar refractivity (Wildman–Crippen MR) is 130 cm³/mol. The molecule has 0 spiro atoms. The van der Waals surface area contributed by atoms with Crippen molar-refractivity contribution in [3.63, 3.8) is 0 Å². The largest absolute Gasteiger partial charge is 0.512 e. The minimum Gasteiger partial charge on any atom is -0.512 e.